The second-order valence-corrected chi connectivity index (χ2v) is 7.56. The predicted octanol–water partition coefficient (Wildman–Crippen LogP) is 3.51. The van der Waals surface area contributed by atoms with Gasteiger partial charge in [0.1, 0.15) is 0 Å². The molecule has 0 saturated carbocycles. The molecule has 0 bridgehead atoms. The van der Waals surface area contributed by atoms with E-state index >= 15 is 0 Å². The van der Waals surface area contributed by atoms with Crippen LogP contribution < -0.4 is 5.73 Å². The summed E-state index contributed by atoms with van der Waals surface area (Å²) in [6, 6.07) is 3.70. The summed E-state index contributed by atoms with van der Waals surface area (Å²) in [4.78, 5) is 14.6. The second kappa shape index (κ2) is 9.01. The minimum atomic E-state index is -0.928. The lowest BCUT2D eigenvalue weighted by atomic mass is 10.0. The van der Waals surface area contributed by atoms with E-state index in [-0.39, 0.29) is 24.4 Å². The number of aromatic nitrogens is 2. The average molecular weight is 413 g/mol. The van der Waals surface area contributed by atoms with Gasteiger partial charge in [0.25, 0.3) is 5.91 Å². The van der Waals surface area contributed by atoms with E-state index in [9.17, 15) is 13.6 Å². The van der Waals surface area contributed by atoms with E-state index in [1.165, 1.54) is 6.07 Å². The highest BCUT2D eigenvalue weighted by Crippen LogP contribution is 2.29. The highest BCUT2D eigenvalue weighted by atomic mass is 35.5. The third-order valence-electron chi connectivity index (χ3n) is 5.28. The number of hydrogen-bond donors (Lipinski definition) is 1. The van der Waals surface area contributed by atoms with Gasteiger partial charge in [0.2, 0.25) is 0 Å². The van der Waals surface area contributed by atoms with Crippen LogP contribution in [0.15, 0.2) is 18.2 Å². The highest BCUT2D eigenvalue weighted by molar-refractivity contribution is 5.94. The number of fused-ring (bicyclic) bond motifs is 1. The molecular formula is C20H27ClF2N4O. The van der Waals surface area contributed by atoms with Crippen molar-refractivity contribution >= 4 is 18.3 Å². The minimum absolute atomic E-state index is 0. The number of amides is 1. The van der Waals surface area contributed by atoms with Crippen molar-refractivity contribution in [3.8, 4) is 5.69 Å². The first kappa shape index (κ1) is 22.3. The van der Waals surface area contributed by atoms with Crippen molar-refractivity contribution < 1.29 is 13.6 Å². The molecule has 1 aliphatic rings. The fourth-order valence-electron chi connectivity index (χ4n) is 3.40. The van der Waals surface area contributed by atoms with Gasteiger partial charge < -0.3 is 10.6 Å². The van der Waals surface area contributed by atoms with Gasteiger partial charge in [-0.15, -0.1) is 12.4 Å². The molecule has 1 amide bonds. The average Bonchev–Trinajstić information content (AvgIpc) is 3.23. The van der Waals surface area contributed by atoms with E-state index < -0.39 is 11.6 Å². The molecule has 0 aliphatic heterocycles. The zero-order valence-corrected chi connectivity index (χ0v) is 17.2. The van der Waals surface area contributed by atoms with Crippen molar-refractivity contribution in [2.24, 2.45) is 11.7 Å². The number of nitrogens with zero attached hydrogens (tertiary/aromatic N) is 3. The van der Waals surface area contributed by atoms with E-state index in [4.69, 9.17) is 5.73 Å². The van der Waals surface area contributed by atoms with Gasteiger partial charge in [-0.1, -0.05) is 13.8 Å². The molecule has 1 aromatic heterocycles. The fraction of sp³-hybridized carbons (Fsp3) is 0.500. The lowest BCUT2D eigenvalue weighted by Gasteiger charge is -2.21. The Balaban J connectivity index is 0.00000280. The Bertz CT molecular complexity index is 853. The Hall–Kier alpha value is -1.99. The van der Waals surface area contributed by atoms with Crippen molar-refractivity contribution in [3.05, 3.63) is 46.8 Å². The third-order valence-corrected chi connectivity index (χ3v) is 5.28. The molecule has 0 spiro atoms. The number of carbonyl (C=O) groups excluding carboxylic acids is 1. The molecule has 8 heteroatoms. The molecule has 1 aliphatic carbocycles. The topological polar surface area (TPSA) is 64.2 Å². The molecule has 2 N–H and O–H groups in total. The quantitative estimate of drug-likeness (QED) is 0.789. The second-order valence-electron chi connectivity index (χ2n) is 7.56. The Kier molecular flexibility index (Phi) is 7.17. The van der Waals surface area contributed by atoms with Crippen molar-refractivity contribution in [1.82, 2.24) is 14.7 Å². The molecule has 1 aromatic carbocycles. The summed E-state index contributed by atoms with van der Waals surface area (Å²) >= 11 is 0. The summed E-state index contributed by atoms with van der Waals surface area (Å²) in [5.74, 6) is -1.64. The molecule has 1 heterocycles. The Labute approximate surface area is 170 Å². The molecule has 5 nitrogen and oxygen atoms in total. The molecule has 0 fully saturated rings. The fourth-order valence-corrected chi connectivity index (χ4v) is 3.40. The highest BCUT2D eigenvalue weighted by Gasteiger charge is 2.29. The van der Waals surface area contributed by atoms with Crippen LogP contribution in [0.1, 0.15) is 48.4 Å². The monoisotopic (exact) mass is 412 g/mol. The van der Waals surface area contributed by atoms with Gasteiger partial charge in [-0.2, -0.15) is 5.10 Å². The van der Waals surface area contributed by atoms with Crippen molar-refractivity contribution in [1.29, 1.82) is 0 Å². The summed E-state index contributed by atoms with van der Waals surface area (Å²) in [7, 11) is 1.74. The van der Waals surface area contributed by atoms with Gasteiger partial charge in [0.15, 0.2) is 17.3 Å². The molecule has 1 unspecified atom stereocenters. The number of nitrogens with two attached hydrogens (primary N) is 1. The van der Waals surface area contributed by atoms with E-state index in [1.54, 1.807) is 16.6 Å². The van der Waals surface area contributed by atoms with Crippen LogP contribution in [0, 0.1) is 17.6 Å². The van der Waals surface area contributed by atoms with Crippen molar-refractivity contribution in [2.75, 3.05) is 13.6 Å². The number of benzene rings is 1. The van der Waals surface area contributed by atoms with E-state index in [1.807, 2.05) is 0 Å². The Morgan fingerprint density at radius 1 is 1.29 bits per heavy atom. The van der Waals surface area contributed by atoms with E-state index in [0.717, 1.165) is 42.7 Å². The maximum absolute atomic E-state index is 13.6. The zero-order chi connectivity index (χ0) is 19.7. The van der Waals surface area contributed by atoms with Gasteiger partial charge in [0.05, 0.1) is 5.69 Å². The molecule has 0 saturated heterocycles. The Morgan fingerprint density at radius 3 is 2.64 bits per heavy atom. The van der Waals surface area contributed by atoms with Gasteiger partial charge in [-0.3, -0.25) is 4.79 Å². The standard InChI is InChI=1S/C20H26F2N4O.ClH/c1-12(2)17(23)9-10-25(3)20(27)19-14-5-4-6-18(14)26(24-19)13-7-8-15(21)16(22)11-13;/h7-8,11-12,17H,4-6,9-10,23H2,1-3H3;1H. The summed E-state index contributed by atoms with van der Waals surface area (Å²) in [6.45, 7) is 4.66. The first-order valence-electron chi connectivity index (χ1n) is 9.36. The normalized spacial score (nSPS) is 14.0. The van der Waals surface area contributed by atoms with Crippen LogP contribution in [0.4, 0.5) is 8.78 Å². The first-order chi connectivity index (χ1) is 12.8. The minimum Gasteiger partial charge on any atom is -0.340 e. The number of carbonyl (C=O) groups is 1. The van der Waals surface area contributed by atoms with Gasteiger partial charge in [0, 0.05) is 37.0 Å². The summed E-state index contributed by atoms with van der Waals surface area (Å²) in [5.41, 5.74) is 8.71. The zero-order valence-electron chi connectivity index (χ0n) is 16.4. The number of rotatable bonds is 6. The van der Waals surface area contributed by atoms with E-state index in [0.29, 0.717) is 30.3 Å². The summed E-state index contributed by atoms with van der Waals surface area (Å²) < 4.78 is 28.5. The molecule has 3 rings (SSSR count). The third kappa shape index (κ3) is 4.36. The lowest BCUT2D eigenvalue weighted by Crippen LogP contribution is -2.35. The summed E-state index contributed by atoms with van der Waals surface area (Å²) in [6.07, 6.45) is 3.15. The molecule has 0 radical (unpaired) electrons. The predicted molar refractivity (Wildman–Crippen MR) is 107 cm³/mol. The molecular weight excluding hydrogens is 386 g/mol. The molecule has 154 valence electrons. The number of halogens is 3. The number of hydrogen-bond acceptors (Lipinski definition) is 3. The maximum Gasteiger partial charge on any atom is 0.274 e. The Morgan fingerprint density at radius 2 is 2.00 bits per heavy atom. The first-order valence-corrected chi connectivity index (χ1v) is 9.36. The van der Waals surface area contributed by atoms with Crippen molar-refractivity contribution in [3.63, 3.8) is 0 Å². The van der Waals surface area contributed by atoms with Gasteiger partial charge >= 0.3 is 0 Å². The van der Waals surface area contributed by atoms with Crippen LogP contribution in [0.25, 0.3) is 5.69 Å². The lowest BCUT2D eigenvalue weighted by molar-refractivity contribution is 0.0782. The van der Waals surface area contributed by atoms with Crippen LogP contribution in [0.2, 0.25) is 0 Å². The summed E-state index contributed by atoms with van der Waals surface area (Å²) in [5, 5.41) is 4.46. The largest absolute Gasteiger partial charge is 0.340 e. The molecule has 1 atom stereocenters. The van der Waals surface area contributed by atoms with Crippen LogP contribution >= 0.6 is 12.4 Å². The van der Waals surface area contributed by atoms with Crippen LogP contribution in [0.5, 0.6) is 0 Å². The maximum atomic E-state index is 13.6. The molecule has 28 heavy (non-hydrogen) atoms. The van der Waals surface area contributed by atoms with Crippen molar-refractivity contribution in [2.45, 2.75) is 45.6 Å². The smallest absolute Gasteiger partial charge is 0.274 e. The van der Waals surface area contributed by atoms with Gasteiger partial charge in [-0.25, -0.2) is 13.5 Å². The molecule has 2 aromatic rings. The van der Waals surface area contributed by atoms with Crippen LogP contribution in [0.3, 0.4) is 0 Å². The van der Waals surface area contributed by atoms with Crippen LogP contribution in [-0.2, 0) is 12.8 Å². The van der Waals surface area contributed by atoms with Gasteiger partial charge in [-0.05, 0) is 43.7 Å². The van der Waals surface area contributed by atoms with E-state index in [2.05, 4.69) is 18.9 Å². The van der Waals surface area contributed by atoms with Crippen LogP contribution in [-0.4, -0.2) is 40.2 Å². The SMILES string of the molecule is CC(C)C(N)CCN(C)C(=O)c1nn(-c2ccc(F)c(F)c2)c2c1CCC2.Cl.